The van der Waals surface area contributed by atoms with Crippen molar-refractivity contribution in [1.29, 1.82) is 0 Å². The van der Waals surface area contributed by atoms with Crippen molar-refractivity contribution < 1.29 is 0 Å². The molecule has 1 heteroatoms. The Morgan fingerprint density at radius 2 is 2.00 bits per heavy atom. The van der Waals surface area contributed by atoms with Gasteiger partial charge in [-0.2, -0.15) is 0 Å². The number of fused-ring (bicyclic) bond motifs is 1. The van der Waals surface area contributed by atoms with E-state index in [1.165, 1.54) is 22.5 Å². The minimum absolute atomic E-state index is 0.494. The van der Waals surface area contributed by atoms with E-state index in [-0.39, 0.29) is 0 Å². The smallest absolute Gasteiger partial charge is 0.0485 e. The molecule has 1 aromatic rings. The average molecular weight is 225 g/mol. The molecule has 1 nitrogen and oxygen atoms in total. The lowest BCUT2D eigenvalue weighted by molar-refractivity contribution is 0.898. The Morgan fingerprint density at radius 1 is 1.29 bits per heavy atom. The van der Waals surface area contributed by atoms with Gasteiger partial charge in [0.25, 0.3) is 0 Å². The molecule has 0 spiro atoms. The van der Waals surface area contributed by atoms with Crippen LogP contribution in [-0.4, -0.2) is 4.57 Å². The lowest BCUT2D eigenvalue weighted by Gasteiger charge is -2.01. The predicted octanol–water partition coefficient (Wildman–Crippen LogP) is 4.38. The Bertz CT molecular complexity index is 524. The first-order valence-electron chi connectivity index (χ1n) is 6.03. The van der Waals surface area contributed by atoms with E-state index in [9.17, 15) is 0 Å². The highest BCUT2D eigenvalue weighted by molar-refractivity contribution is 5.80. The summed E-state index contributed by atoms with van der Waals surface area (Å²) in [4.78, 5) is 0. The van der Waals surface area contributed by atoms with Crippen LogP contribution in [0.25, 0.3) is 24.3 Å². The second-order valence-corrected chi connectivity index (χ2v) is 4.44. The average Bonchev–Trinajstić information content (AvgIpc) is 2.46. The number of rotatable bonds is 2. The van der Waals surface area contributed by atoms with Crippen LogP contribution in [0.2, 0.25) is 0 Å². The third-order valence-electron chi connectivity index (χ3n) is 3.22. The number of aromatic nitrogens is 1. The molecule has 0 N–H and O–H groups in total. The van der Waals surface area contributed by atoms with E-state index in [1.54, 1.807) is 0 Å². The van der Waals surface area contributed by atoms with E-state index >= 15 is 0 Å². The van der Waals surface area contributed by atoms with Gasteiger partial charge >= 0.3 is 0 Å². The first-order valence-corrected chi connectivity index (χ1v) is 6.03. The van der Waals surface area contributed by atoms with Crippen molar-refractivity contribution in [1.82, 2.24) is 4.57 Å². The fourth-order valence-electron chi connectivity index (χ4n) is 2.29. The fraction of sp³-hybridized carbons (Fsp3) is 0.250. The van der Waals surface area contributed by atoms with Gasteiger partial charge in [-0.3, -0.25) is 0 Å². The molecule has 1 aromatic heterocycles. The highest BCUT2D eigenvalue weighted by Gasteiger charge is 2.15. The highest BCUT2D eigenvalue weighted by Crippen LogP contribution is 2.29. The molecule has 1 atom stereocenters. The molecule has 2 rings (SSSR count). The van der Waals surface area contributed by atoms with E-state index in [1.807, 2.05) is 13.0 Å². The summed E-state index contributed by atoms with van der Waals surface area (Å²) in [6.45, 7) is 8.16. The summed E-state index contributed by atoms with van der Waals surface area (Å²) in [5, 5.41) is 0. The molecular weight excluding hydrogens is 206 g/mol. The van der Waals surface area contributed by atoms with E-state index in [4.69, 9.17) is 0 Å². The molecule has 0 aromatic carbocycles. The van der Waals surface area contributed by atoms with E-state index in [0.29, 0.717) is 5.92 Å². The molecule has 1 aliphatic carbocycles. The molecule has 1 unspecified atom stereocenters. The zero-order chi connectivity index (χ0) is 12.4. The summed E-state index contributed by atoms with van der Waals surface area (Å²) in [6, 6.07) is 0. The summed E-state index contributed by atoms with van der Waals surface area (Å²) >= 11 is 0. The maximum absolute atomic E-state index is 3.91. The molecule has 0 saturated carbocycles. The summed E-state index contributed by atoms with van der Waals surface area (Å²) in [5.74, 6) is 0.494. The Morgan fingerprint density at radius 3 is 2.65 bits per heavy atom. The number of hydrogen-bond acceptors (Lipinski definition) is 0. The van der Waals surface area contributed by atoms with Crippen molar-refractivity contribution in [3.63, 3.8) is 0 Å². The van der Waals surface area contributed by atoms with Crippen LogP contribution in [0.1, 0.15) is 36.4 Å². The molecule has 0 fully saturated rings. The summed E-state index contributed by atoms with van der Waals surface area (Å²) in [7, 11) is 2.09. The maximum atomic E-state index is 3.91. The molecule has 0 saturated heterocycles. The molecule has 1 aliphatic rings. The van der Waals surface area contributed by atoms with Gasteiger partial charge in [-0.15, -0.1) is 0 Å². The molecule has 0 amide bonds. The van der Waals surface area contributed by atoms with Gasteiger partial charge in [-0.1, -0.05) is 43.9 Å². The van der Waals surface area contributed by atoms with Gasteiger partial charge in [0, 0.05) is 29.6 Å². The molecule has 0 radical (unpaired) electrons. The Hall–Kier alpha value is -1.76. The minimum atomic E-state index is 0.494. The molecule has 17 heavy (non-hydrogen) atoms. The summed E-state index contributed by atoms with van der Waals surface area (Å²) in [6.07, 6.45) is 15.1. The maximum Gasteiger partial charge on any atom is 0.0485 e. The predicted molar refractivity (Wildman–Crippen MR) is 77.4 cm³/mol. The van der Waals surface area contributed by atoms with E-state index in [0.717, 1.165) is 0 Å². The van der Waals surface area contributed by atoms with Crippen molar-refractivity contribution in [2.75, 3.05) is 0 Å². The lowest BCUT2D eigenvalue weighted by atomic mass is 10.1. The molecule has 0 bridgehead atoms. The molecule has 1 heterocycles. The Kier molecular flexibility index (Phi) is 3.19. The third-order valence-corrected chi connectivity index (χ3v) is 3.22. The summed E-state index contributed by atoms with van der Waals surface area (Å²) in [5.41, 5.74) is 4.99. The fourth-order valence-corrected chi connectivity index (χ4v) is 2.29. The molecule has 0 aliphatic heterocycles. The van der Waals surface area contributed by atoms with Gasteiger partial charge in [-0.25, -0.2) is 0 Å². The van der Waals surface area contributed by atoms with Gasteiger partial charge in [-0.05, 0) is 25.0 Å². The monoisotopic (exact) mass is 225 g/mol. The van der Waals surface area contributed by atoms with Crippen LogP contribution >= 0.6 is 0 Å². The second kappa shape index (κ2) is 4.62. The SMILES string of the molecule is C=Cc1c(/C=C\C)c2c(n1C)C=CC(C)C=C2. The Balaban J connectivity index is 2.73. The number of hydrogen-bond donors (Lipinski definition) is 0. The highest BCUT2D eigenvalue weighted by atomic mass is 15.0. The minimum Gasteiger partial charge on any atom is -0.344 e. The van der Waals surface area contributed by atoms with Crippen LogP contribution in [-0.2, 0) is 7.05 Å². The van der Waals surface area contributed by atoms with Gasteiger partial charge in [0.2, 0.25) is 0 Å². The van der Waals surface area contributed by atoms with Gasteiger partial charge in [0.15, 0.2) is 0 Å². The van der Waals surface area contributed by atoms with Crippen molar-refractivity contribution >= 4 is 24.3 Å². The van der Waals surface area contributed by atoms with Gasteiger partial charge < -0.3 is 4.57 Å². The zero-order valence-electron chi connectivity index (χ0n) is 10.8. The lowest BCUT2D eigenvalue weighted by Crippen LogP contribution is -1.94. The number of nitrogens with zero attached hydrogens (tertiary/aromatic N) is 1. The van der Waals surface area contributed by atoms with Crippen molar-refractivity contribution in [3.8, 4) is 0 Å². The largest absolute Gasteiger partial charge is 0.344 e. The van der Waals surface area contributed by atoms with Crippen LogP contribution in [0.15, 0.2) is 24.8 Å². The van der Waals surface area contributed by atoms with Crippen molar-refractivity contribution in [2.24, 2.45) is 13.0 Å². The third kappa shape index (κ3) is 1.93. The van der Waals surface area contributed by atoms with Gasteiger partial charge in [0.05, 0.1) is 0 Å². The quantitative estimate of drug-likeness (QED) is 0.704. The topological polar surface area (TPSA) is 4.93 Å². The van der Waals surface area contributed by atoms with Crippen molar-refractivity contribution in [3.05, 3.63) is 47.3 Å². The first-order chi connectivity index (χ1) is 8.19. The van der Waals surface area contributed by atoms with E-state index in [2.05, 4.69) is 61.6 Å². The number of allylic oxidation sites excluding steroid dienone is 3. The van der Waals surface area contributed by atoms with Crippen LogP contribution < -0.4 is 0 Å². The van der Waals surface area contributed by atoms with Crippen LogP contribution in [0, 0.1) is 5.92 Å². The second-order valence-electron chi connectivity index (χ2n) is 4.44. The van der Waals surface area contributed by atoms with Crippen LogP contribution in [0.5, 0.6) is 0 Å². The van der Waals surface area contributed by atoms with Crippen LogP contribution in [0.3, 0.4) is 0 Å². The zero-order valence-corrected chi connectivity index (χ0v) is 10.8. The first kappa shape index (κ1) is 11.7. The molecular formula is C16H19N. The standard InChI is InChI=1S/C16H19N/c1-5-7-13-14-10-8-12(3)9-11-16(14)17(4)15(13)6-2/h5-12H,2H2,1,3-4H3/b7-5-. The Labute approximate surface area is 103 Å². The summed E-state index contributed by atoms with van der Waals surface area (Å²) < 4.78 is 2.20. The normalized spacial score (nSPS) is 18.4. The van der Waals surface area contributed by atoms with Gasteiger partial charge in [0.1, 0.15) is 0 Å². The van der Waals surface area contributed by atoms with E-state index < -0.39 is 0 Å². The molecule has 88 valence electrons. The van der Waals surface area contributed by atoms with Crippen molar-refractivity contribution in [2.45, 2.75) is 13.8 Å². The van der Waals surface area contributed by atoms with Crippen LogP contribution in [0.4, 0.5) is 0 Å².